The lowest BCUT2D eigenvalue weighted by Gasteiger charge is -2.17. The summed E-state index contributed by atoms with van der Waals surface area (Å²) in [6.45, 7) is 4.13. The van der Waals surface area contributed by atoms with Crippen LogP contribution in [-0.4, -0.2) is 62.1 Å². The maximum absolute atomic E-state index is 12.4. The molecule has 156 valence electrons. The molecular weight excluding hydrogens is 366 g/mol. The molecule has 0 unspecified atom stereocenters. The van der Waals surface area contributed by atoms with Gasteiger partial charge in [-0.1, -0.05) is 24.3 Å². The normalized spacial score (nSPS) is 11.1. The van der Waals surface area contributed by atoms with E-state index in [0.29, 0.717) is 19.0 Å². The topological polar surface area (TPSA) is 78.9 Å². The van der Waals surface area contributed by atoms with E-state index in [0.717, 1.165) is 36.4 Å². The first-order valence-corrected chi connectivity index (χ1v) is 9.92. The fraction of sp³-hybridized carbons (Fsp3) is 0.409. The second-order valence-electron chi connectivity index (χ2n) is 6.57. The molecule has 0 bridgehead atoms. The summed E-state index contributed by atoms with van der Waals surface area (Å²) in [7, 11) is 3.47. The van der Waals surface area contributed by atoms with Gasteiger partial charge in [0.2, 0.25) is 5.91 Å². The number of hydrogen-bond donors (Lipinski definition) is 2. The Morgan fingerprint density at radius 1 is 1.14 bits per heavy atom. The average Bonchev–Trinajstić information content (AvgIpc) is 2.76. The van der Waals surface area contributed by atoms with Crippen molar-refractivity contribution in [2.45, 2.75) is 19.8 Å². The summed E-state index contributed by atoms with van der Waals surface area (Å²) in [6, 6.07) is 13.8. The van der Waals surface area contributed by atoms with Gasteiger partial charge < -0.3 is 20.3 Å². The average molecular weight is 398 g/mol. The fourth-order valence-corrected chi connectivity index (χ4v) is 2.79. The Morgan fingerprint density at radius 3 is 2.66 bits per heavy atom. The number of aromatic nitrogens is 1. The summed E-state index contributed by atoms with van der Waals surface area (Å²) >= 11 is 0. The first-order valence-electron chi connectivity index (χ1n) is 9.92. The molecule has 29 heavy (non-hydrogen) atoms. The maximum Gasteiger partial charge on any atom is 0.244 e. The fourth-order valence-electron chi connectivity index (χ4n) is 2.79. The van der Waals surface area contributed by atoms with Crippen LogP contribution in [0.5, 0.6) is 5.75 Å². The molecule has 0 aliphatic rings. The van der Waals surface area contributed by atoms with Crippen molar-refractivity contribution in [3.8, 4) is 5.75 Å². The third-order valence-electron chi connectivity index (χ3n) is 4.45. The zero-order valence-corrected chi connectivity index (χ0v) is 17.5. The van der Waals surface area contributed by atoms with Gasteiger partial charge in [0.05, 0.1) is 7.11 Å². The molecule has 0 radical (unpaired) electrons. The molecule has 7 nitrogen and oxygen atoms in total. The standard InChI is InChI=1S/C22H31N5O2/c1-4-23-22(25-15-12-18-9-5-6-11-20(18)29-3)26-17-21(28)27(2)16-13-19-10-7-8-14-24-19/h5-11,14H,4,12-13,15-17H2,1-3H3,(H2,23,25,26). The van der Waals surface area contributed by atoms with Gasteiger partial charge in [0.1, 0.15) is 12.3 Å². The van der Waals surface area contributed by atoms with Crippen molar-refractivity contribution >= 4 is 11.9 Å². The smallest absolute Gasteiger partial charge is 0.244 e. The summed E-state index contributed by atoms with van der Waals surface area (Å²) in [4.78, 5) is 22.8. The second kappa shape index (κ2) is 12.4. The van der Waals surface area contributed by atoms with E-state index in [9.17, 15) is 4.79 Å². The Labute approximate surface area is 173 Å². The van der Waals surface area contributed by atoms with E-state index in [1.54, 1.807) is 25.3 Å². The lowest BCUT2D eigenvalue weighted by atomic mass is 10.1. The largest absolute Gasteiger partial charge is 0.496 e. The molecule has 2 N–H and O–H groups in total. The van der Waals surface area contributed by atoms with Crippen molar-refractivity contribution in [3.63, 3.8) is 0 Å². The molecule has 1 aromatic carbocycles. The number of amides is 1. The van der Waals surface area contributed by atoms with Crippen LogP contribution in [0.1, 0.15) is 18.2 Å². The first-order chi connectivity index (χ1) is 14.1. The number of carbonyl (C=O) groups excluding carboxylic acids is 1. The number of nitrogens with one attached hydrogen (secondary N) is 2. The van der Waals surface area contributed by atoms with Crippen LogP contribution in [0, 0.1) is 0 Å². The SMILES string of the molecule is CCNC(=NCC(=O)N(C)CCc1ccccn1)NCCc1ccccc1OC. The number of pyridine rings is 1. The van der Waals surface area contributed by atoms with Crippen LogP contribution in [-0.2, 0) is 17.6 Å². The molecule has 0 aliphatic heterocycles. The zero-order chi connectivity index (χ0) is 20.9. The third kappa shape index (κ3) is 7.81. The maximum atomic E-state index is 12.4. The molecule has 0 aliphatic carbocycles. The molecular formula is C22H31N5O2. The second-order valence-corrected chi connectivity index (χ2v) is 6.57. The number of likely N-dealkylation sites (N-methyl/N-ethyl adjacent to an activating group) is 1. The van der Waals surface area contributed by atoms with Crippen molar-refractivity contribution in [2.24, 2.45) is 4.99 Å². The van der Waals surface area contributed by atoms with E-state index < -0.39 is 0 Å². The van der Waals surface area contributed by atoms with Gasteiger partial charge in [0.25, 0.3) is 0 Å². The number of carbonyl (C=O) groups is 1. The van der Waals surface area contributed by atoms with Crippen LogP contribution in [0.2, 0.25) is 0 Å². The Kier molecular flexibility index (Phi) is 9.48. The van der Waals surface area contributed by atoms with E-state index >= 15 is 0 Å². The number of para-hydroxylation sites is 1. The summed E-state index contributed by atoms with van der Waals surface area (Å²) in [6.07, 6.45) is 3.29. The molecule has 1 aromatic heterocycles. The Balaban J connectivity index is 1.81. The number of aliphatic imine (C=N–C) groups is 1. The molecule has 0 atom stereocenters. The van der Waals surface area contributed by atoms with E-state index in [1.807, 2.05) is 49.4 Å². The third-order valence-corrected chi connectivity index (χ3v) is 4.45. The minimum absolute atomic E-state index is 0.0251. The highest BCUT2D eigenvalue weighted by Crippen LogP contribution is 2.17. The van der Waals surface area contributed by atoms with Crippen molar-refractivity contribution in [2.75, 3.05) is 40.3 Å². The molecule has 2 aromatic rings. The number of nitrogens with zero attached hydrogens (tertiary/aromatic N) is 3. The van der Waals surface area contributed by atoms with Crippen molar-refractivity contribution in [1.29, 1.82) is 0 Å². The molecule has 0 saturated carbocycles. The number of methoxy groups -OCH3 is 1. The number of benzene rings is 1. The molecule has 0 fully saturated rings. The van der Waals surface area contributed by atoms with Crippen LogP contribution in [0.15, 0.2) is 53.7 Å². The van der Waals surface area contributed by atoms with Gasteiger partial charge >= 0.3 is 0 Å². The van der Waals surface area contributed by atoms with Crippen molar-refractivity contribution in [3.05, 3.63) is 59.9 Å². The monoisotopic (exact) mass is 397 g/mol. The minimum Gasteiger partial charge on any atom is -0.496 e. The Morgan fingerprint density at radius 2 is 1.93 bits per heavy atom. The van der Waals surface area contributed by atoms with E-state index in [4.69, 9.17) is 4.74 Å². The molecule has 2 rings (SSSR count). The lowest BCUT2D eigenvalue weighted by molar-refractivity contribution is -0.128. The van der Waals surface area contributed by atoms with Gasteiger partial charge in [-0.3, -0.25) is 9.78 Å². The van der Waals surface area contributed by atoms with Crippen LogP contribution in [0.4, 0.5) is 0 Å². The van der Waals surface area contributed by atoms with Gasteiger partial charge in [0.15, 0.2) is 5.96 Å². The van der Waals surface area contributed by atoms with E-state index in [1.165, 1.54) is 0 Å². The lowest BCUT2D eigenvalue weighted by Crippen LogP contribution is -2.39. The number of guanidine groups is 1. The predicted molar refractivity (Wildman–Crippen MR) is 116 cm³/mol. The Bertz CT molecular complexity index is 780. The van der Waals surface area contributed by atoms with Gasteiger partial charge in [-0.2, -0.15) is 0 Å². The quantitative estimate of drug-likeness (QED) is 0.473. The van der Waals surface area contributed by atoms with Gasteiger partial charge in [-0.05, 0) is 37.1 Å². The number of hydrogen-bond acceptors (Lipinski definition) is 4. The molecule has 0 spiro atoms. The van der Waals surface area contributed by atoms with Gasteiger partial charge in [-0.15, -0.1) is 0 Å². The van der Waals surface area contributed by atoms with Crippen LogP contribution < -0.4 is 15.4 Å². The predicted octanol–water partition coefficient (Wildman–Crippen LogP) is 1.89. The van der Waals surface area contributed by atoms with Crippen LogP contribution >= 0.6 is 0 Å². The molecule has 7 heteroatoms. The zero-order valence-electron chi connectivity index (χ0n) is 17.5. The van der Waals surface area contributed by atoms with Crippen molar-refractivity contribution < 1.29 is 9.53 Å². The molecule has 0 saturated heterocycles. The molecule has 1 amide bonds. The summed E-state index contributed by atoms with van der Waals surface area (Å²) in [5, 5.41) is 6.45. The van der Waals surface area contributed by atoms with Crippen LogP contribution in [0.3, 0.4) is 0 Å². The van der Waals surface area contributed by atoms with Gasteiger partial charge in [-0.25, -0.2) is 4.99 Å². The highest BCUT2D eigenvalue weighted by atomic mass is 16.5. The van der Waals surface area contributed by atoms with Gasteiger partial charge in [0, 0.05) is 45.0 Å². The summed E-state index contributed by atoms with van der Waals surface area (Å²) in [5.41, 5.74) is 2.10. The Hall–Kier alpha value is -3.09. The molecule has 1 heterocycles. The minimum atomic E-state index is -0.0251. The number of ether oxygens (including phenoxy) is 1. The summed E-state index contributed by atoms with van der Waals surface area (Å²) in [5.74, 6) is 1.48. The number of rotatable bonds is 10. The first kappa shape index (κ1) is 22.2. The van der Waals surface area contributed by atoms with Crippen LogP contribution in [0.25, 0.3) is 0 Å². The summed E-state index contributed by atoms with van der Waals surface area (Å²) < 4.78 is 5.38. The highest BCUT2D eigenvalue weighted by molar-refractivity contribution is 5.84. The van der Waals surface area contributed by atoms with E-state index in [2.05, 4.69) is 20.6 Å². The highest BCUT2D eigenvalue weighted by Gasteiger charge is 2.09. The van der Waals surface area contributed by atoms with E-state index in [-0.39, 0.29) is 12.5 Å². The van der Waals surface area contributed by atoms with Crippen molar-refractivity contribution in [1.82, 2.24) is 20.5 Å².